The van der Waals surface area contributed by atoms with Crippen LogP contribution in [-0.2, 0) is 6.54 Å². The molecule has 6 nitrogen and oxygen atoms in total. The third-order valence-electron chi connectivity index (χ3n) is 3.70. The summed E-state index contributed by atoms with van der Waals surface area (Å²) < 4.78 is 28.3. The second-order valence-electron chi connectivity index (χ2n) is 5.71. The van der Waals surface area contributed by atoms with E-state index in [9.17, 15) is 8.78 Å². The Hall–Kier alpha value is -1.78. The Morgan fingerprint density at radius 3 is 2.58 bits per heavy atom. The summed E-state index contributed by atoms with van der Waals surface area (Å²) in [6, 6.07) is 3.72. The van der Waals surface area contributed by atoms with Crippen LogP contribution in [0.25, 0.3) is 0 Å². The van der Waals surface area contributed by atoms with Gasteiger partial charge in [0.05, 0.1) is 6.04 Å². The van der Waals surface area contributed by atoms with E-state index in [1.807, 2.05) is 18.4 Å². The van der Waals surface area contributed by atoms with Crippen molar-refractivity contribution in [3.63, 3.8) is 0 Å². The minimum Gasteiger partial charge on any atom is -0.357 e. The summed E-state index contributed by atoms with van der Waals surface area (Å²) in [5.74, 6) is -1.03. The van der Waals surface area contributed by atoms with E-state index < -0.39 is 11.6 Å². The topological polar surface area (TPSA) is 67.1 Å². The summed E-state index contributed by atoms with van der Waals surface area (Å²) in [4.78, 5) is 4.52. The van der Waals surface area contributed by atoms with Crippen molar-refractivity contribution in [3.8, 4) is 0 Å². The number of guanidine groups is 1. The van der Waals surface area contributed by atoms with Crippen LogP contribution < -0.4 is 10.6 Å². The zero-order valence-electron chi connectivity index (χ0n) is 15.0. The predicted molar refractivity (Wildman–Crippen MR) is 109 cm³/mol. The lowest BCUT2D eigenvalue weighted by atomic mass is 10.1. The molecule has 144 valence electrons. The molecule has 2 rings (SSSR count). The molecule has 1 aromatic carbocycles. The lowest BCUT2D eigenvalue weighted by Crippen LogP contribution is -2.38. The van der Waals surface area contributed by atoms with Gasteiger partial charge in [-0.25, -0.2) is 8.78 Å². The van der Waals surface area contributed by atoms with E-state index in [0.717, 1.165) is 32.0 Å². The molecule has 1 heterocycles. The number of nitrogens with zero attached hydrogens (tertiary/aromatic N) is 4. The third kappa shape index (κ3) is 7.22. The van der Waals surface area contributed by atoms with Crippen molar-refractivity contribution in [1.29, 1.82) is 0 Å². The molecule has 0 aliphatic rings. The van der Waals surface area contributed by atoms with Gasteiger partial charge in [0.2, 0.25) is 0 Å². The molecule has 0 saturated heterocycles. The van der Waals surface area contributed by atoms with Gasteiger partial charge < -0.3 is 15.2 Å². The maximum atomic E-state index is 13.4. The summed E-state index contributed by atoms with van der Waals surface area (Å²) in [5.41, 5.74) is 0.664. The van der Waals surface area contributed by atoms with Gasteiger partial charge >= 0.3 is 0 Å². The highest BCUT2D eigenvalue weighted by molar-refractivity contribution is 14.0. The minimum atomic E-state index is -0.845. The van der Waals surface area contributed by atoms with Crippen LogP contribution in [0.3, 0.4) is 0 Å². The van der Waals surface area contributed by atoms with E-state index in [0.29, 0.717) is 18.1 Å². The average Bonchev–Trinajstić information content (AvgIpc) is 3.10. The van der Waals surface area contributed by atoms with Crippen LogP contribution in [0.2, 0.25) is 0 Å². The lowest BCUT2D eigenvalue weighted by Gasteiger charge is -2.18. The maximum Gasteiger partial charge on any atom is 0.191 e. The molecule has 26 heavy (non-hydrogen) atoms. The number of hydrogen-bond acceptors (Lipinski definition) is 3. The van der Waals surface area contributed by atoms with Crippen LogP contribution in [0.5, 0.6) is 0 Å². The van der Waals surface area contributed by atoms with Crippen molar-refractivity contribution in [2.45, 2.75) is 39.3 Å². The standard InChI is InChI=1S/C17H24F2N6.HI/c1-3-20-17(21-8-4-5-9-25-11-22-23-12-25)24-13(2)14-6-7-15(18)16(19)10-14;/h6-7,10-13H,3-5,8-9H2,1-2H3,(H2,20,21,24);1H. The predicted octanol–water partition coefficient (Wildman–Crippen LogP) is 3.27. The molecule has 2 N–H and O–H groups in total. The Morgan fingerprint density at radius 2 is 1.92 bits per heavy atom. The van der Waals surface area contributed by atoms with E-state index in [2.05, 4.69) is 25.8 Å². The lowest BCUT2D eigenvalue weighted by molar-refractivity contribution is 0.504. The maximum absolute atomic E-state index is 13.4. The number of aliphatic imine (C=N–C) groups is 1. The number of halogens is 3. The summed E-state index contributed by atoms with van der Waals surface area (Å²) in [6.45, 7) is 6.10. The molecule has 0 radical (unpaired) electrons. The van der Waals surface area contributed by atoms with Gasteiger partial charge in [0.1, 0.15) is 12.7 Å². The molecular formula is C17H25F2IN6. The molecular weight excluding hydrogens is 453 g/mol. The molecule has 1 atom stereocenters. The Morgan fingerprint density at radius 1 is 1.19 bits per heavy atom. The van der Waals surface area contributed by atoms with Crippen molar-refractivity contribution in [2.24, 2.45) is 4.99 Å². The van der Waals surface area contributed by atoms with E-state index in [1.165, 1.54) is 6.07 Å². The van der Waals surface area contributed by atoms with Crippen LogP contribution >= 0.6 is 24.0 Å². The van der Waals surface area contributed by atoms with Gasteiger partial charge in [0, 0.05) is 19.6 Å². The monoisotopic (exact) mass is 478 g/mol. The van der Waals surface area contributed by atoms with Crippen molar-refractivity contribution < 1.29 is 8.78 Å². The van der Waals surface area contributed by atoms with Crippen molar-refractivity contribution >= 4 is 29.9 Å². The summed E-state index contributed by atoms with van der Waals surface area (Å²) in [6.07, 6.45) is 5.28. The number of aromatic nitrogens is 3. The second kappa shape index (κ2) is 11.8. The molecule has 0 amide bonds. The molecule has 1 unspecified atom stereocenters. The molecule has 0 bridgehead atoms. The SMILES string of the molecule is CCNC(=NCCCCn1cnnc1)NC(C)c1ccc(F)c(F)c1.I. The van der Waals surface area contributed by atoms with E-state index >= 15 is 0 Å². The van der Waals surface area contributed by atoms with Gasteiger partial charge in [-0.2, -0.15) is 0 Å². The Balaban J connectivity index is 0.00000338. The van der Waals surface area contributed by atoms with Gasteiger partial charge in [0.25, 0.3) is 0 Å². The van der Waals surface area contributed by atoms with Crippen molar-refractivity contribution in [3.05, 3.63) is 48.1 Å². The fourth-order valence-corrected chi connectivity index (χ4v) is 2.32. The van der Waals surface area contributed by atoms with Crippen LogP contribution in [0.4, 0.5) is 8.78 Å². The highest BCUT2D eigenvalue weighted by Gasteiger charge is 2.10. The fourth-order valence-electron chi connectivity index (χ4n) is 2.32. The Kier molecular flexibility index (Phi) is 10.1. The summed E-state index contributed by atoms with van der Waals surface area (Å²) >= 11 is 0. The number of rotatable bonds is 8. The number of benzene rings is 1. The van der Waals surface area contributed by atoms with E-state index in [4.69, 9.17) is 0 Å². The molecule has 0 aliphatic heterocycles. The van der Waals surface area contributed by atoms with Gasteiger partial charge in [-0.1, -0.05) is 6.07 Å². The molecule has 0 aliphatic carbocycles. The van der Waals surface area contributed by atoms with Crippen LogP contribution in [0.1, 0.15) is 38.3 Å². The van der Waals surface area contributed by atoms with Crippen LogP contribution in [-0.4, -0.2) is 33.8 Å². The summed E-state index contributed by atoms with van der Waals surface area (Å²) in [7, 11) is 0. The van der Waals surface area contributed by atoms with Crippen molar-refractivity contribution in [2.75, 3.05) is 13.1 Å². The number of unbranched alkanes of at least 4 members (excludes halogenated alkanes) is 1. The molecule has 9 heteroatoms. The van der Waals surface area contributed by atoms with Crippen LogP contribution in [0.15, 0.2) is 35.8 Å². The van der Waals surface area contributed by atoms with E-state index in [1.54, 1.807) is 18.7 Å². The highest BCUT2D eigenvalue weighted by Crippen LogP contribution is 2.15. The first-order valence-electron chi connectivity index (χ1n) is 8.42. The zero-order valence-corrected chi connectivity index (χ0v) is 17.3. The first kappa shape index (κ1) is 22.3. The Bertz CT molecular complexity index is 678. The smallest absolute Gasteiger partial charge is 0.191 e. The minimum absolute atomic E-state index is 0. The van der Waals surface area contributed by atoms with Gasteiger partial charge in [0.15, 0.2) is 17.6 Å². The average molecular weight is 478 g/mol. The first-order chi connectivity index (χ1) is 12.1. The first-order valence-corrected chi connectivity index (χ1v) is 8.42. The molecule has 0 fully saturated rings. The number of aryl methyl sites for hydroxylation is 1. The van der Waals surface area contributed by atoms with Crippen LogP contribution in [0, 0.1) is 11.6 Å². The Labute approximate surface area is 169 Å². The molecule has 2 aromatic rings. The number of nitrogens with one attached hydrogen (secondary N) is 2. The quantitative estimate of drug-likeness (QED) is 0.265. The molecule has 0 saturated carbocycles. The third-order valence-corrected chi connectivity index (χ3v) is 3.70. The molecule has 1 aromatic heterocycles. The van der Waals surface area contributed by atoms with Gasteiger partial charge in [-0.05, 0) is 44.4 Å². The van der Waals surface area contributed by atoms with Gasteiger partial charge in [-0.3, -0.25) is 4.99 Å². The largest absolute Gasteiger partial charge is 0.357 e. The van der Waals surface area contributed by atoms with Gasteiger partial charge in [-0.15, -0.1) is 34.2 Å². The van der Waals surface area contributed by atoms with E-state index in [-0.39, 0.29) is 30.0 Å². The fraction of sp³-hybridized carbons (Fsp3) is 0.471. The molecule has 0 spiro atoms. The number of hydrogen-bond donors (Lipinski definition) is 2. The summed E-state index contributed by atoms with van der Waals surface area (Å²) in [5, 5.41) is 13.9. The highest BCUT2D eigenvalue weighted by atomic mass is 127. The zero-order chi connectivity index (χ0) is 18.1. The normalized spacial score (nSPS) is 12.4. The second-order valence-corrected chi connectivity index (χ2v) is 5.71. The van der Waals surface area contributed by atoms with Crippen molar-refractivity contribution in [1.82, 2.24) is 25.4 Å².